The second-order valence-electron chi connectivity index (χ2n) is 8.38. The van der Waals surface area contributed by atoms with Gasteiger partial charge >= 0.3 is 5.69 Å². The maximum atomic E-state index is 12.7. The summed E-state index contributed by atoms with van der Waals surface area (Å²) < 4.78 is 8.39. The minimum atomic E-state index is -0.0889. The average Bonchev–Trinajstić information content (AvgIpc) is 3.02. The number of nitrogens with one attached hydrogen (secondary N) is 1. The summed E-state index contributed by atoms with van der Waals surface area (Å²) in [6.45, 7) is 3.69. The molecule has 1 fully saturated rings. The van der Waals surface area contributed by atoms with Crippen molar-refractivity contribution in [3.63, 3.8) is 0 Å². The summed E-state index contributed by atoms with van der Waals surface area (Å²) in [5, 5.41) is 3.09. The predicted octanol–water partition coefficient (Wildman–Crippen LogP) is 2.53. The van der Waals surface area contributed by atoms with Gasteiger partial charge in [-0.05, 0) is 67.7 Å². The maximum absolute atomic E-state index is 12.7. The fourth-order valence-corrected chi connectivity index (χ4v) is 4.32. The summed E-state index contributed by atoms with van der Waals surface area (Å²) in [4.78, 5) is 27.2. The van der Waals surface area contributed by atoms with E-state index in [1.54, 1.807) is 42.5 Å². The van der Waals surface area contributed by atoms with E-state index in [9.17, 15) is 9.59 Å². The van der Waals surface area contributed by atoms with E-state index < -0.39 is 0 Å². The number of fused-ring (bicyclic) bond motifs is 1. The zero-order valence-electron chi connectivity index (χ0n) is 18.4. The molecule has 3 aromatic rings. The molecule has 164 valence electrons. The van der Waals surface area contributed by atoms with Crippen LogP contribution in [-0.2, 0) is 20.6 Å². The van der Waals surface area contributed by atoms with Crippen LogP contribution in [0.15, 0.2) is 47.3 Å². The fraction of sp³-hybridized carbons (Fsp3) is 0.417. The lowest BCUT2D eigenvalue weighted by atomic mass is 9.96. The van der Waals surface area contributed by atoms with Crippen molar-refractivity contribution in [3.8, 4) is 5.75 Å². The van der Waals surface area contributed by atoms with Crippen molar-refractivity contribution >= 4 is 16.9 Å². The molecule has 1 aliphatic heterocycles. The van der Waals surface area contributed by atoms with E-state index in [0.717, 1.165) is 49.3 Å². The summed E-state index contributed by atoms with van der Waals surface area (Å²) in [5.41, 5.74) is 3.39. The first-order valence-electron chi connectivity index (χ1n) is 10.7. The molecule has 0 aliphatic carbocycles. The van der Waals surface area contributed by atoms with Crippen molar-refractivity contribution in [2.45, 2.75) is 19.4 Å². The first-order valence-corrected chi connectivity index (χ1v) is 10.7. The molecule has 2 aromatic carbocycles. The Morgan fingerprint density at radius 1 is 1.03 bits per heavy atom. The number of nitrogens with zero attached hydrogens (tertiary/aromatic N) is 3. The minimum absolute atomic E-state index is 0.0844. The number of benzene rings is 2. The predicted molar refractivity (Wildman–Crippen MR) is 121 cm³/mol. The Hall–Kier alpha value is -3.06. The number of ether oxygens (including phenoxy) is 1. The van der Waals surface area contributed by atoms with Crippen LogP contribution in [0.5, 0.6) is 5.75 Å². The molecule has 7 heteroatoms. The Kier molecular flexibility index (Phi) is 6.13. The largest absolute Gasteiger partial charge is 0.497 e. The third-order valence-electron chi connectivity index (χ3n) is 6.36. The van der Waals surface area contributed by atoms with Crippen molar-refractivity contribution in [2.75, 3.05) is 26.7 Å². The van der Waals surface area contributed by atoms with Gasteiger partial charge in [-0.2, -0.15) is 0 Å². The molecule has 4 rings (SSSR count). The molecule has 2 heterocycles. The van der Waals surface area contributed by atoms with E-state index in [0.29, 0.717) is 18.0 Å². The molecular formula is C24H30N4O3. The number of rotatable bonds is 6. The summed E-state index contributed by atoms with van der Waals surface area (Å²) in [6.07, 6.45) is 2.14. The Morgan fingerprint density at radius 2 is 1.71 bits per heavy atom. The molecule has 0 saturated carbocycles. The number of hydrogen-bond donors (Lipinski definition) is 1. The maximum Gasteiger partial charge on any atom is 0.328 e. The molecule has 7 nitrogen and oxygen atoms in total. The van der Waals surface area contributed by atoms with Gasteiger partial charge in [0, 0.05) is 32.7 Å². The Morgan fingerprint density at radius 3 is 2.39 bits per heavy atom. The number of piperidine rings is 1. The highest BCUT2D eigenvalue weighted by Crippen LogP contribution is 2.20. The van der Waals surface area contributed by atoms with E-state index in [-0.39, 0.29) is 11.6 Å². The number of carbonyl (C=O) groups excluding carboxylic acids is 1. The quantitative estimate of drug-likeness (QED) is 0.663. The molecule has 0 spiro atoms. The third kappa shape index (κ3) is 4.51. The van der Waals surface area contributed by atoms with Crippen LogP contribution >= 0.6 is 0 Å². The normalized spacial score (nSPS) is 15.3. The molecule has 1 aromatic heterocycles. The number of imidazole rings is 1. The van der Waals surface area contributed by atoms with Gasteiger partial charge in [-0.25, -0.2) is 4.79 Å². The summed E-state index contributed by atoms with van der Waals surface area (Å²) in [5.74, 6) is 1.28. The van der Waals surface area contributed by atoms with Crippen molar-refractivity contribution in [1.29, 1.82) is 0 Å². The van der Waals surface area contributed by atoms with Gasteiger partial charge in [0.15, 0.2) is 0 Å². The van der Waals surface area contributed by atoms with E-state index in [2.05, 4.69) is 22.3 Å². The third-order valence-corrected chi connectivity index (χ3v) is 6.36. The van der Waals surface area contributed by atoms with E-state index in [4.69, 9.17) is 4.74 Å². The highest BCUT2D eigenvalue weighted by molar-refractivity contribution is 5.97. The lowest BCUT2D eigenvalue weighted by Crippen LogP contribution is -2.38. The minimum Gasteiger partial charge on any atom is -0.497 e. The number of hydrogen-bond acceptors (Lipinski definition) is 4. The van der Waals surface area contributed by atoms with Crippen molar-refractivity contribution in [2.24, 2.45) is 20.0 Å². The van der Waals surface area contributed by atoms with Gasteiger partial charge in [-0.3, -0.25) is 18.8 Å². The monoisotopic (exact) mass is 422 g/mol. The molecule has 1 N–H and O–H groups in total. The zero-order chi connectivity index (χ0) is 22.0. The van der Waals surface area contributed by atoms with Crippen LogP contribution in [0.2, 0.25) is 0 Å². The van der Waals surface area contributed by atoms with Crippen LogP contribution in [0, 0.1) is 5.92 Å². The first kappa shape index (κ1) is 21.2. The number of methoxy groups -OCH3 is 1. The number of aryl methyl sites for hydroxylation is 2. The first-order chi connectivity index (χ1) is 15.0. The molecule has 1 amide bonds. The van der Waals surface area contributed by atoms with Gasteiger partial charge in [0.2, 0.25) is 0 Å². The van der Waals surface area contributed by atoms with E-state index >= 15 is 0 Å². The summed E-state index contributed by atoms with van der Waals surface area (Å²) in [7, 11) is 5.15. The fourth-order valence-electron chi connectivity index (χ4n) is 4.32. The van der Waals surface area contributed by atoms with E-state index in [1.165, 1.54) is 5.56 Å². The highest BCUT2D eigenvalue weighted by atomic mass is 16.5. The number of aromatic nitrogens is 2. The number of amides is 1. The van der Waals surface area contributed by atoms with Crippen LogP contribution in [0.25, 0.3) is 11.0 Å². The smallest absolute Gasteiger partial charge is 0.328 e. The zero-order valence-corrected chi connectivity index (χ0v) is 18.4. The lowest BCUT2D eigenvalue weighted by Gasteiger charge is -2.32. The SMILES string of the molecule is COc1ccc(CN2CCC(CNC(=O)c3ccc4c(c3)n(C)c(=O)n4C)CC2)cc1. The van der Waals surface area contributed by atoms with Gasteiger partial charge in [-0.15, -0.1) is 0 Å². The topological polar surface area (TPSA) is 68.5 Å². The van der Waals surface area contributed by atoms with Gasteiger partial charge in [0.05, 0.1) is 18.1 Å². The number of likely N-dealkylation sites (tertiary alicyclic amines) is 1. The number of carbonyl (C=O) groups is 1. The van der Waals surface area contributed by atoms with Crippen molar-refractivity contribution < 1.29 is 9.53 Å². The van der Waals surface area contributed by atoms with Gasteiger partial charge in [0.1, 0.15) is 5.75 Å². The standard InChI is InChI=1S/C24H30N4O3/c1-26-21-9-6-19(14-22(21)27(2)24(26)30)23(29)25-15-17-10-12-28(13-11-17)16-18-4-7-20(31-3)8-5-18/h4-9,14,17H,10-13,15-16H2,1-3H3,(H,25,29). The van der Waals surface area contributed by atoms with Crippen LogP contribution < -0.4 is 15.7 Å². The molecule has 0 radical (unpaired) electrons. The molecule has 0 atom stereocenters. The second-order valence-corrected chi connectivity index (χ2v) is 8.38. The van der Waals surface area contributed by atoms with Crippen molar-refractivity contribution in [3.05, 3.63) is 64.1 Å². The Balaban J connectivity index is 1.28. The van der Waals surface area contributed by atoms with Crippen LogP contribution in [0.3, 0.4) is 0 Å². The lowest BCUT2D eigenvalue weighted by molar-refractivity contribution is 0.0935. The molecular weight excluding hydrogens is 392 g/mol. The highest BCUT2D eigenvalue weighted by Gasteiger charge is 2.20. The van der Waals surface area contributed by atoms with E-state index in [1.807, 2.05) is 18.2 Å². The van der Waals surface area contributed by atoms with Crippen LogP contribution in [-0.4, -0.2) is 46.7 Å². The average molecular weight is 423 g/mol. The molecule has 1 saturated heterocycles. The van der Waals surface area contributed by atoms with Gasteiger partial charge < -0.3 is 10.1 Å². The molecule has 31 heavy (non-hydrogen) atoms. The van der Waals surface area contributed by atoms with Gasteiger partial charge in [-0.1, -0.05) is 12.1 Å². The Bertz CT molecular complexity index is 1120. The summed E-state index contributed by atoms with van der Waals surface area (Å²) >= 11 is 0. The van der Waals surface area contributed by atoms with Crippen molar-refractivity contribution in [1.82, 2.24) is 19.4 Å². The molecule has 0 bridgehead atoms. The molecule has 1 aliphatic rings. The van der Waals surface area contributed by atoms with Gasteiger partial charge in [0.25, 0.3) is 5.91 Å². The van der Waals surface area contributed by atoms with Crippen LogP contribution in [0.4, 0.5) is 0 Å². The Labute approximate surface area is 182 Å². The summed E-state index contributed by atoms with van der Waals surface area (Å²) in [6, 6.07) is 13.7. The van der Waals surface area contributed by atoms with Crippen LogP contribution in [0.1, 0.15) is 28.8 Å². The second kappa shape index (κ2) is 8.98. The molecule has 0 unspecified atom stereocenters.